The minimum Gasteiger partial charge on any atom is -0.467 e. The van der Waals surface area contributed by atoms with E-state index < -0.39 is 0 Å². The third-order valence-corrected chi connectivity index (χ3v) is 5.01. The van der Waals surface area contributed by atoms with Crippen LogP contribution in [0.3, 0.4) is 0 Å². The number of hydrogen-bond donors (Lipinski definition) is 0. The standard InChI is InChI=1S/C18H23N5O2/c24-17(23-8-1-4-15(23)16-5-2-13-25-16)14-21-9-11-22(12-10-21)18-19-6-3-7-20-18/h2-3,5-7,13,15H,1,4,8-12,14H2/t15-/m1/s1. The van der Waals surface area contributed by atoms with Crippen LogP contribution in [-0.2, 0) is 4.79 Å². The first-order chi connectivity index (χ1) is 12.3. The summed E-state index contributed by atoms with van der Waals surface area (Å²) in [4.78, 5) is 27.7. The van der Waals surface area contributed by atoms with Gasteiger partial charge in [0.25, 0.3) is 0 Å². The lowest BCUT2D eigenvalue weighted by Gasteiger charge is -2.35. The largest absolute Gasteiger partial charge is 0.467 e. The van der Waals surface area contributed by atoms with Crippen LogP contribution in [-0.4, -0.2) is 64.9 Å². The Bertz CT molecular complexity index is 683. The molecule has 0 spiro atoms. The van der Waals surface area contributed by atoms with E-state index in [1.807, 2.05) is 23.1 Å². The molecule has 4 heterocycles. The number of carbonyl (C=O) groups is 1. The minimum absolute atomic E-state index is 0.0986. The number of furan rings is 1. The first-order valence-corrected chi connectivity index (χ1v) is 8.88. The molecule has 1 atom stereocenters. The van der Waals surface area contributed by atoms with E-state index in [1.165, 1.54) is 0 Å². The summed E-state index contributed by atoms with van der Waals surface area (Å²) in [6.07, 6.45) is 7.23. The predicted molar refractivity (Wildman–Crippen MR) is 93.1 cm³/mol. The maximum atomic E-state index is 12.8. The first kappa shape index (κ1) is 16.1. The van der Waals surface area contributed by atoms with E-state index in [9.17, 15) is 4.79 Å². The number of rotatable bonds is 4. The number of amides is 1. The quantitative estimate of drug-likeness (QED) is 0.841. The highest BCUT2D eigenvalue weighted by atomic mass is 16.3. The highest BCUT2D eigenvalue weighted by molar-refractivity contribution is 5.79. The van der Waals surface area contributed by atoms with Gasteiger partial charge < -0.3 is 14.2 Å². The van der Waals surface area contributed by atoms with E-state index >= 15 is 0 Å². The van der Waals surface area contributed by atoms with Gasteiger partial charge in [-0.1, -0.05) is 0 Å². The fraction of sp³-hybridized carbons (Fsp3) is 0.500. The Morgan fingerprint density at radius 1 is 1.12 bits per heavy atom. The molecule has 0 bridgehead atoms. The van der Waals surface area contributed by atoms with Crippen LogP contribution in [0.25, 0.3) is 0 Å². The second-order valence-corrected chi connectivity index (χ2v) is 6.57. The fourth-order valence-corrected chi connectivity index (χ4v) is 3.68. The Morgan fingerprint density at radius 3 is 2.64 bits per heavy atom. The summed E-state index contributed by atoms with van der Waals surface area (Å²) >= 11 is 0. The molecule has 2 aromatic heterocycles. The van der Waals surface area contributed by atoms with Crippen LogP contribution in [0, 0.1) is 0 Å². The van der Waals surface area contributed by atoms with Crippen LogP contribution < -0.4 is 4.90 Å². The molecule has 0 aliphatic carbocycles. The van der Waals surface area contributed by atoms with Crippen molar-refractivity contribution in [3.8, 4) is 0 Å². The van der Waals surface area contributed by atoms with Crippen molar-refractivity contribution < 1.29 is 9.21 Å². The summed E-state index contributed by atoms with van der Waals surface area (Å²) in [6, 6.07) is 5.78. The lowest BCUT2D eigenvalue weighted by atomic mass is 10.1. The van der Waals surface area contributed by atoms with Gasteiger partial charge in [0.1, 0.15) is 5.76 Å². The van der Waals surface area contributed by atoms with Gasteiger partial charge in [-0.15, -0.1) is 0 Å². The number of piperazine rings is 1. The molecule has 7 heteroatoms. The van der Waals surface area contributed by atoms with E-state index in [-0.39, 0.29) is 11.9 Å². The molecule has 4 rings (SSSR count). The Balaban J connectivity index is 1.32. The molecule has 0 radical (unpaired) electrons. The second-order valence-electron chi connectivity index (χ2n) is 6.57. The van der Waals surface area contributed by atoms with Gasteiger partial charge in [0.15, 0.2) is 0 Å². The minimum atomic E-state index is 0.0986. The predicted octanol–water partition coefficient (Wildman–Crippen LogP) is 1.56. The summed E-state index contributed by atoms with van der Waals surface area (Å²) in [5.41, 5.74) is 0. The highest BCUT2D eigenvalue weighted by Crippen LogP contribution is 2.32. The number of likely N-dealkylation sites (tertiary alicyclic amines) is 1. The molecule has 7 nitrogen and oxygen atoms in total. The van der Waals surface area contributed by atoms with Gasteiger partial charge in [-0.25, -0.2) is 9.97 Å². The summed E-state index contributed by atoms with van der Waals surface area (Å²) in [5.74, 6) is 1.87. The van der Waals surface area contributed by atoms with Gasteiger partial charge in [0, 0.05) is 45.1 Å². The fourth-order valence-electron chi connectivity index (χ4n) is 3.68. The van der Waals surface area contributed by atoms with E-state index in [4.69, 9.17) is 4.42 Å². The van der Waals surface area contributed by atoms with E-state index in [1.54, 1.807) is 18.7 Å². The van der Waals surface area contributed by atoms with Crippen molar-refractivity contribution in [2.24, 2.45) is 0 Å². The second kappa shape index (κ2) is 7.23. The van der Waals surface area contributed by atoms with Crippen molar-refractivity contribution in [1.29, 1.82) is 0 Å². The molecule has 0 unspecified atom stereocenters. The average molecular weight is 341 g/mol. The molecule has 2 aliphatic heterocycles. The average Bonchev–Trinajstić information content (AvgIpc) is 3.34. The summed E-state index contributed by atoms with van der Waals surface area (Å²) in [5, 5.41) is 0. The molecule has 2 saturated heterocycles. The zero-order chi connectivity index (χ0) is 17.1. The zero-order valence-electron chi connectivity index (χ0n) is 14.3. The number of aromatic nitrogens is 2. The lowest BCUT2D eigenvalue weighted by Crippen LogP contribution is -2.50. The van der Waals surface area contributed by atoms with Gasteiger partial charge >= 0.3 is 0 Å². The lowest BCUT2D eigenvalue weighted by molar-refractivity contribution is -0.133. The van der Waals surface area contributed by atoms with Crippen molar-refractivity contribution in [2.45, 2.75) is 18.9 Å². The molecule has 0 N–H and O–H groups in total. The van der Waals surface area contributed by atoms with Gasteiger partial charge in [-0.05, 0) is 31.0 Å². The Hall–Kier alpha value is -2.41. The van der Waals surface area contributed by atoms with E-state index in [0.717, 1.165) is 57.3 Å². The molecule has 2 fully saturated rings. The zero-order valence-corrected chi connectivity index (χ0v) is 14.3. The molecule has 132 valence electrons. The number of hydrogen-bond acceptors (Lipinski definition) is 6. The summed E-state index contributed by atoms with van der Waals surface area (Å²) in [6.45, 7) is 4.69. The van der Waals surface area contributed by atoms with Crippen molar-refractivity contribution in [3.63, 3.8) is 0 Å². The molecule has 2 aromatic rings. The van der Waals surface area contributed by atoms with Crippen molar-refractivity contribution in [3.05, 3.63) is 42.6 Å². The third-order valence-electron chi connectivity index (χ3n) is 5.01. The summed E-state index contributed by atoms with van der Waals surface area (Å²) < 4.78 is 5.52. The third kappa shape index (κ3) is 3.51. The van der Waals surface area contributed by atoms with Gasteiger partial charge in [-0.3, -0.25) is 9.69 Å². The van der Waals surface area contributed by atoms with Gasteiger partial charge in [-0.2, -0.15) is 0 Å². The topological polar surface area (TPSA) is 65.7 Å². The van der Waals surface area contributed by atoms with Crippen molar-refractivity contribution in [1.82, 2.24) is 19.8 Å². The van der Waals surface area contributed by atoms with Crippen LogP contribution in [0.5, 0.6) is 0 Å². The maximum Gasteiger partial charge on any atom is 0.237 e. The molecule has 0 saturated carbocycles. The normalized spacial score (nSPS) is 21.7. The first-order valence-electron chi connectivity index (χ1n) is 8.88. The van der Waals surface area contributed by atoms with E-state index in [0.29, 0.717) is 6.54 Å². The Labute approximate surface area is 147 Å². The summed E-state index contributed by atoms with van der Waals surface area (Å²) in [7, 11) is 0. The molecule has 2 aliphatic rings. The monoisotopic (exact) mass is 341 g/mol. The molecular weight excluding hydrogens is 318 g/mol. The molecule has 1 amide bonds. The van der Waals surface area contributed by atoms with E-state index in [2.05, 4.69) is 19.8 Å². The number of nitrogens with zero attached hydrogens (tertiary/aromatic N) is 5. The smallest absolute Gasteiger partial charge is 0.237 e. The highest BCUT2D eigenvalue weighted by Gasteiger charge is 2.32. The number of carbonyl (C=O) groups excluding carboxylic acids is 1. The Morgan fingerprint density at radius 2 is 1.92 bits per heavy atom. The van der Waals surface area contributed by atoms with Crippen LogP contribution in [0.2, 0.25) is 0 Å². The maximum absolute atomic E-state index is 12.8. The number of anilines is 1. The van der Waals surface area contributed by atoms with Crippen LogP contribution in [0.1, 0.15) is 24.6 Å². The SMILES string of the molecule is O=C(CN1CCN(c2ncccn2)CC1)N1CCC[C@@H]1c1ccco1. The van der Waals surface area contributed by atoms with Crippen LogP contribution in [0.15, 0.2) is 41.3 Å². The van der Waals surface area contributed by atoms with Crippen LogP contribution in [0.4, 0.5) is 5.95 Å². The molecular formula is C18H23N5O2. The van der Waals surface area contributed by atoms with Crippen LogP contribution >= 0.6 is 0 Å². The Kier molecular flexibility index (Phi) is 4.65. The van der Waals surface area contributed by atoms with Gasteiger partial charge in [0.05, 0.1) is 18.8 Å². The van der Waals surface area contributed by atoms with Crippen molar-refractivity contribution in [2.75, 3.05) is 44.2 Å². The molecule has 0 aromatic carbocycles. The molecule has 25 heavy (non-hydrogen) atoms. The van der Waals surface area contributed by atoms with Crippen molar-refractivity contribution >= 4 is 11.9 Å². The van der Waals surface area contributed by atoms with Gasteiger partial charge in [0.2, 0.25) is 11.9 Å².